The molecular weight excluding hydrogens is 234 g/mol. The van der Waals surface area contributed by atoms with E-state index in [9.17, 15) is 4.79 Å². The fourth-order valence-corrected chi connectivity index (χ4v) is 1.26. The van der Waals surface area contributed by atoms with Crippen molar-refractivity contribution in [1.82, 2.24) is 0 Å². The molecule has 0 spiro atoms. The first kappa shape index (κ1) is 14.3. The van der Waals surface area contributed by atoms with Gasteiger partial charge in [-0.2, -0.15) is 0 Å². The molecule has 0 aromatic heterocycles. The lowest BCUT2D eigenvalue weighted by atomic mass is 10.1. The van der Waals surface area contributed by atoms with Crippen LogP contribution in [0.15, 0.2) is 24.3 Å². The highest BCUT2D eigenvalue weighted by atomic mass is 16.5. The second-order valence-electron chi connectivity index (χ2n) is 4.10. The van der Waals surface area contributed by atoms with Gasteiger partial charge in [0, 0.05) is 0 Å². The van der Waals surface area contributed by atoms with Crippen LogP contribution in [-0.2, 0) is 9.53 Å². The van der Waals surface area contributed by atoms with E-state index in [0.717, 1.165) is 5.75 Å². The normalized spacial score (nSPS) is 13.6. The lowest BCUT2D eigenvalue weighted by Gasteiger charge is -2.22. The van der Waals surface area contributed by atoms with Gasteiger partial charge in [0.1, 0.15) is 23.6 Å². The van der Waals surface area contributed by atoms with Gasteiger partial charge in [-0.25, -0.2) is 4.79 Å². The van der Waals surface area contributed by atoms with Gasteiger partial charge in [-0.15, -0.1) is 0 Å². The molecule has 0 saturated heterocycles. The molecule has 100 valence electrons. The maximum absolute atomic E-state index is 11.5. The van der Waals surface area contributed by atoms with Gasteiger partial charge in [-0.3, -0.25) is 0 Å². The minimum absolute atomic E-state index is 0.0537. The Morgan fingerprint density at radius 3 is 2.33 bits per heavy atom. The predicted molar refractivity (Wildman–Crippen MR) is 67.7 cm³/mol. The van der Waals surface area contributed by atoms with Crippen LogP contribution in [-0.4, -0.2) is 31.8 Å². The Bertz CT molecular complexity index is 386. The van der Waals surface area contributed by atoms with Crippen molar-refractivity contribution in [2.24, 2.45) is 5.73 Å². The van der Waals surface area contributed by atoms with Crippen molar-refractivity contribution in [2.45, 2.75) is 19.4 Å². The fourth-order valence-electron chi connectivity index (χ4n) is 1.26. The minimum Gasteiger partial charge on any atom is -0.497 e. The van der Waals surface area contributed by atoms with Crippen LogP contribution < -0.4 is 15.2 Å². The molecule has 1 aromatic rings. The number of hydrogen-bond donors (Lipinski definition) is 1. The van der Waals surface area contributed by atoms with Gasteiger partial charge in [-0.1, -0.05) is 0 Å². The van der Waals surface area contributed by atoms with Crippen LogP contribution >= 0.6 is 0 Å². The Balaban J connectivity index is 2.55. The Kier molecular flexibility index (Phi) is 4.97. The monoisotopic (exact) mass is 253 g/mol. The van der Waals surface area contributed by atoms with Gasteiger partial charge in [0.2, 0.25) is 0 Å². The molecule has 0 aliphatic heterocycles. The van der Waals surface area contributed by atoms with E-state index >= 15 is 0 Å². The van der Waals surface area contributed by atoms with Crippen molar-refractivity contribution in [3.8, 4) is 11.5 Å². The van der Waals surface area contributed by atoms with Crippen LogP contribution in [0.4, 0.5) is 0 Å². The molecule has 1 rings (SSSR count). The molecule has 2 N–H and O–H groups in total. The van der Waals surface area contributed by atoms with Crippen molar-refractivity contribution in [1.29, 1.82) is 0 Å². The summed E-state index contributed by atoms with van der Waals surface area (Å²) in [4.78, 5) is 11.5. The summed E-state index contributed by atoms with van der Waals surface area (Å²) in [6, 6.07) is 7.04. The maximum atomic E-state index is 11.5. The summed E-state index contributed by atoms with van der Waals surface area (Å²) in [5.74, 6) is 0.888. The van der Waals surface area contributed by atoms with Crippen molar-refractivity contribution >= 4 is 5.97 Å². The van der Waals surface area contributed by atoms with Crippen LogP contribution in [0, 0.1) is 0 Å². The van der Waals surface area contributed by atoms with E-state index in [4.69, 9.17) is 19.9 Å². The number of methoxy groups -OCH3 is 1. The summed E-state index contributed by atoms with van der Waals surface area (Å²) >= 11 is 0. The van der Waals surface area contributed by atoms with Crippen LogP contribution in [0.5, 0.6) is 11.5 Å². The number of benzene rings is 1. The molecule has 5 nitrogen and oxygen atoms in total. The van der Waals surface area contributed by atoms with Gasteiger partial charge < -0.3 is 19.9 Å². The molecule has 5 heteroatoms. The minimum atomic E-state index is -1.16. The SMILES string of the molecule is CCOC(=O)C(C)(N)COc1ccc(OC)cc1. The van der Waals surface area contributed by atoms with E-state index in [1.165, 1.54) is 0 Å². The van der Waals surface area contributed by atoms with Crippen molar-refractivity contribution in [3.63, 3.8) is 0 Å². The van der Waals surface area contributed by atoms with Crippen molar-refractivity contribution in [2.75, 3.05) is 20.3 Å². The second kappa shape index (κ2) is 6.26. The van der Waals surface area contributed by atoms with Gasteiger partial charge in [0.25, 0.3) is 0 Å². The van der Waals surface area contributed by atoms with E-state index < -0.39 is 11.5 Å². The Hall–Kier alpha value is -1.75. The largest absolute Gasteiger partial charge is 0.497 e. The average molecular weight is 253 g/mol. The first-order valence-corrected chi connectivity index (χ1v) is 5.72. The lowest BCUT2D eigenvalue weighted by Crippen LogP contribution is -2.51. The molecule has 0 amide bonds. The Morgan fingerprint density at radius 1 is 1.28 bits per heavy atom. The van der Waals surface area contributed by atoms with E-state index in [1.807, 2.05) is 0 Å². The smallest absolute Gasteiger partial charge is 0.329 e. The van der Waals surface area contributed by atoms with Gasteiger partial charge in [0.15, 0.2) is 0 Å². The molecule has 1 aromatic carbocycles. The number of esters is 1. The van der Waals surface area contributed by atoms with Crippen molar-refractivity contribution in [3.05, 3.63) is 24.3 Å². The molecule has 0 aliphatic carbocycles. The molecule has 0 radical (unpaired) electrons. The third-order valence-electron chi connectivity index (χ3n) is 2.34. The maximum Gasteiger partial charge on any atom is 0.329 e. The van der Waals surface area contributed by atoms with Gasteiger partial charge in [-0.05, 0) is 38.1 Å². The number of carbonyl (C=O) groups excluding carboxylic acids is 1. The Morgan fingerprint density at radius 2 is 1.83 bits per heavy atom. The quantitative estimate of drug-likeness (QED) is 0.775. The molecule has 0 bridgehead atoms. The average Bonchev–Trinajstić information content (AvgIpc) is 2.37. The van der Waals surface area contributed by atoms with E-state index in [2.05, 4.69) is 0 Å². The molecular formula is C13H19NO4. The molecule has 18 heavy (non-hydrogen) atoms. The third kappa shape index (κ3) is 3.92. The van der Waals surface area contributed by atoms with Crippen LogP contribution in [0.2, 0.25) is 0 Å². The molecule has 0 heterocycles. The Labute approximate surface area is 107 Å². The molecule has 1 atom stereocenters. The summed E-state index contributed by atoms with van der Waals surface area (Å²) in [6.07, 6.45) is 0. The number of hydrogen-bond acceptors (Lipinski definition) is 5. The second-order valence-corrected chi connectivity index (χ2v) is 4.10. The number of rotatable bonds is 6. The van der Waals surface area contributed by atoms with E-state index in [-0.39, 0.29) is 6.61 Å². The first-order chi connectivity index (χ1) is 8.49. The fraction of sp³-hybridized carbons (Fsp3) is 0.462. The molecule has 0 fully saturated rings. The molecule has 0 saturated carbocycles. The standard InChI is InChI=1S/C13H19NO4/c1-4-17-12(15)13(2,14)9-18-11-7-5-10(16-3)6-8-11/h5-8H,4,9,14H2,1-3H3. The van der Waals surface area contributed by atoms with Gasteiger partial charge in [0.05, 0.1) is 13.7 Å². The van der Waals surface area contributed by atoms with E-state index in [1.54, 1.807) is 45.2 Å². The number of nitrogens with two attached hydrogens (primary N) is 1. The van der Waals surface area contributed by atoms with Crippen molar-refractivity contribution < 1.29 is 19.0 Å². The summed E-state index contributed by atoms with van der Waals surface area (Å²) in [5, 5.41) is 0. The van der Waals surface area contributed by atoms with Crippen LogP contribution in [0.25, 0.3) is 0 Å². The zero-order valence-corrected chi connectivity index (χ0v) is 10.9. The summed E-state index contributed by atoms with van der Waals surface area (Å²) in [6.45, 7) is 3.67. The zero-order chi connectivity index (χ0) is 13.6. The zero-order valence-electron chi connectivity index (χ0n) is 10.9. The predicted octanol–water partition coefficient (Wildman–Crippen LogP) is 1.35. The third-order valence-corrected chi connectivity index (χ3v) is 2.34. The summed E-state index contributed by atoms with van der Waals surface area (Å²) in [7, 11) is 1.59. The van der Waals surface area contributed by atoms with Crippen LogP contribution in [0.1, 0.15) is 13.8 Å². The highest BCUT2D eigenvalue weighted by Gasteiger charge is 2.31. The topological polar surface area (TPSA) is 70.8 Å². The van der Waals surface area contributed by atoms with Crippen LogP contribution in [0.3, 0.4) is 0 Å². The van der Waals surface area contributed by atoms with E-state index in [0.29, 0.717) is 12.4 Å². The first-order valence-electron chi connectivity index (χ1n) is 5.72. The number of ether oxygens (including phenoxy) is 3. The highest BCUT2D eigenvalue weighted by molar-refractivity contribution is 5.80. The lowest BCUT2D eigenvalue weighted by molar-refractivity contribution is -0.150. The summed E-state index contributed by atoms with van der Waals surface area (Å²) in [5.41, 5.74) is 4.67. The number of carbonyl (C=O) groups is 1. The summed E-state index contributed by atoms with van der Waals surface area (Å²) < 4.78 is 15.4. The van der Waals surface area contributed by atoms with Gasteiger partial charge >= 0.3 is 5.97 Å². The highest BCUT2D eigenvalue weighted by Crippen LogP contribution is 2.18. The molecule has 0 aliphatic rings. The molecule has 1 unspecified atom stereocenters.